The molecule has 0 radical (unpaired) electrons. The van der Waals surface area contributed by atoms with Gasteiger partial charge >= 0.3 is 6.09 Å². The van der Waals surface area contributed by atoms with Gasteiger partial charge in [0, 0.05) is 30.2 Å². The number of alkyl carbamates (subject to hydrolysis) is 1. The Labute approximate surface area is 195 Å². The number of carbonyl (C=O) groups excluding carboxylic acids is 1. The van der Waals surface area contributed by atoms with E-state index in [9.17, 15) is 25.1 Å². The fraction of sp³-hybridized carbons (Fsp3) is 0.240. The zero-order valence-electron chi connectivity index (χ0n) is 18.4. The molecule has 0 saturated heterocycles. The smallest absolute Gasteiger partial charge is 0.407 e. The summed E-state index contributed by atoms with van der Waals surface area (Å²) in [5, 5.41) is 34.3. The van der Waals surface area contributed by atoms with Gasteiger partial charge in [0.1, 0.15) is 24.6 Å². The molecule has 0 aromatic heterocycles. The van der Waals surface area contributed by atoms with Gasteiger partial charge in [-0.3, -0.25) is 10.1 Å². The number of rotatable bonds is 8. The lowest BCUT2D eigenvalue weighted by Gasteiger charge is -2.21. The number of hydrogen-bond acceptors (Lipinski definition) is 7. The van der Waals surface area contributed by atoms with Crippen molar-refractivity contribution in [2.45, 2.75) is 18.1 Å². The fourth-order valence-electron chi connectivity index (χ4n) is 4.22. The van der Waals surface area contributed by atoms with E-state index < -0.39 is 23.2 Å². The van der Waals surface area contributed by atoms with Crippen LogP contribution in [0.15, 0.2) is 66.7 Å². The van der Waals surface area contributed by atoms with Crippen LogP contribution in [-0.2, 0) is 4.74 Å². The van der Waals surface area contributed by atoms with Gasteiger partial charge in [-0.15, -0.1) is 0 Å². The summed E-state index contributed by atoms with van der Waals surface area (Å²) in [7, 11) is 1.35. The van der Waals surface area contributed by atoms with E-state index in [1.807, 2.05) is 48.5 Å². The lowest BCUT2D eigenvalue weighted by molar-refractivity contribution is -0.385. The van der Waals surface area contributed by atoms with E-state index in [0.29, 0.717) is 0 Å². The Bertz CT molecular complexity index is 1170. The third kappa shape index (κ3) is 4.57. The summed E-state index contributed by atoms with van der Waals surface area (Å²) in [6.45, 7) is -0.221. The van der Waals surface area contributed by atoms with Crippen LogP contribution in [0.4, 0.5) is 10.5 Å². The van der Waals surface area contributed by atoms with E-state index in [1.54, 1.807) is 0 Å². The molecule has 3 aromatic carbocycles. The lowest BCUT2D eigenvalue weighted by Crippen LogP contribution is -2.36. The molecule has 34 heavy (non-hydrogen) atoms. The van der Waals surface area contributed by atoms with Crippen LogP contribution in [0.5, 0.6) is 5.75 Å². The molecule has 1 aliphatic carbocycles. The van der Waals surface area contributed by atoms with Crippen molar-refractivity contribution in [3.63, 3.8) is 0 Å². The first-order valence-electron chi connectivity index (χ1n) is 10.7. The number of aliphatic hydroxyl groups excluding tert-OH is 2. The van der Waals surface area contributed by atoms with E-state index in [-0.39, 0.29) is 36.1 Å². The molecule has 0 fully saturated rings. The average Bonchev–Trinajstić information content (AvgIpc) is 3.18. The van der Waals surface area contributed by atoms with Crippen LogP contribution in [0.2, 0.25) is 0 Å². The molecular weight excluding hydrogens is 440 g/mol. The van der Waals surface area contributed by atoms with E-state index in [4.69, 9.17) is 9.47 Å². The maximum atomic E-state index is 12.3. The highest BCUT2D eigenvalue weighted by atomic mass is 16.6. The van der Waals surface area contributed by atoms with E-state index in [0.717, 1.165) is 28.3 Å². The van der Waals surface area contributed by atoms with Crippen LogP contribution in [-0.4, -0.2) is 47.6 Å². The standard InChI is InChI=1S/C25H24N2O7/c1-33-23-11-10-15(27(31)32)12-20(23)24(29)22(28)13-26-25(30)34-14-21-18-8-4-2-6-16(18)17-7-3-5-9-19(17)21/h2-12,21-22,24,28-29H,13-14H2,1H3,(H,26,30). The third-order valence-electron chi connectivity index (χ3n) is 5.91. The minimum atomic E-state index is -1.52. The number of ether oxygens (including phenoxy) is 2. The van der Waals surface area contributed by atoms with Crippen LogP contribution in [0.1, 0.15) is 28.7 Å². The topological polar surface area (TPSA) is 131 Å². The van der Waals surface area contributed by atoms with Gasteiger partial charge in [-0.05, 0) is 28.3 Å². The maximum Gasteiger partial charge on any atom is 0.407 e. The number of fused-ring (bicyclic) bond motifs is 3. The number of methoxy groups -OCH3 is 1. The van der Waals surface area contributed by atoms with Gasteiger partial charge in [-0.25, -0.2) is 4.79 Å². The Balaban J connectivity index is 1.37. The summed E-state index contributed by atoms with van der Waals surface area (Å²) < 4.78 is 10.5. The Hall–Kier alpha value is -3.95. The molecule has 1 amide bonds. The first-order chi connectivity index (χ1) is 16.4. The zero-order valence-corrected chi connectivity index (χ0v) is 18.4. The zero-order chi connectivity index (χ0) is 24.2. The van der Waals surface area contributed by atoms with Gasteiger partial charge in [0.2, 0.25) is 0 Å². The van der Waals surface area contributed by atoms with Crippen molar-refractivity contribution in [3.8, 4) is 16.9 Å². The highest BCUT2D eigenvalue weighted by molar-refractivity contribution is 5.79. The number of benzene rings is 3. The van der Waals surface area contributed by atoms with E-state index in [1.165, 1.54) is 19.2 Å². The Morgan fingerprint density at radius 1 is 1.06 bits per heavy atom. The fourth-order valence-corrected chi connectivity index (χ4v) is 4.22. The van der Waals surface area contributed by atoms with Crippen LogP contribution in [0, 0.1) is 10.1 Å². The SMILES string of the molecule is COc1ccc([N+](=O)[O-])cc1C(O)C(O)CNC(=O)OCC1c2ccccc2-c2ccccc21. The summed E-state index contributed by atoms with van der Waals surface area (Å²) in [6, 6.07) is 19.6. The molecular formula is C25H24N2O7. The highest BCUT2D eigenvalue weighted by Crippen LogP contribution is 2.44. The molecule has 9 nitrogen and oxygen atoms in total. The highest BCUT2D eigenvalue weighted by Gasteiger charge is 2.29. The van der Waals surface area contributed by atoms with Crippen LogP contribution >= 0.6 is 0 Å². The number of carbonyl (C=O) groups is 1. The molecule has 2 unspecified atom stereocenters. The Morgan fingerprint density at radius 2 is 1.68 bits per heavy atom. The number of hydrogen-bond donors (Lipinski definition) is 3. The third-order valence-corrected chi connectivity index (χ3v) is 5.91. The normalized spacial score (nSPS) is 14.0. The van der Waals surface area contributed by atoms with E-state index in [2.05, 4.69) is 5.32 Å². The summed E-state index contributed by atoms with van der Waals surface area (Å²) in [6.07, 6.45) is -3.72. The monoisotopic (exact) mass is 464 g/mol. The predicted octanol–water partition coefficient (Wildman–Crippen LogP) is 3.54. The van der Waals surface area contributed by atoms with Gasteiger partial charge in [-0.2, -0.15) is 0 Å². The van der Waals surface area contributed by atoms with Crippen LogP contribution in [0.25, 0.3) is 11.1 Å². The molecule has 0 saturated carbocycles. The van der Waals surface area contributed by atoms with Crippen molar-refractivity contribution in [2.24, 2.45) is 0 Å². The molecule has 176 valence electrons. The second-order valence-corrected chi connectivity index (χ2v) is 7.90. The Morgan fingerprint density at radius 3 is 2.26 bits per heavy atom. The van der Waals surface area contributed by atoms with Crippen molar-refractivity contribution in [3.05, 3.63) is 93.5 Å². The number of amides is 1. The summed E-state index contributed by atoms with van der Waals surface area (Å²) >= 11 is 0. The summed E-state index contributed by atoms with van der Waals surface area (Å²) in [5.41, 5.74) is 4.15. The largest absolute Gasteiger partial charge is 0.496 e. The number of nitrogens with zero attached hydrogens (tertiary/aromatic N) is 1. The minimum Gasteiger partial charge on any atom is -0.496 e. The van der Waals surface area contributed by atoms with Crippen LogP contribution < -0.4 is 10.1 Å². The van der Waals surface area contributed by atoms with Crippen molar-refractivity contribution in [2.75, 3.05) is 20.3 Å². The maximum absolute atomic E-state index is 12.3. The quantitative estimate of drug-likeness (QED) is 0.343. The first-order valence-corrected chi connectivity index (χ1v) is 10.7. The number of non-ortho nitro benzene ring substituents is 1. The molecule has 0 spiro atoms. The summed E-state index contributed by atoms with van der Waals surface area (Å²) in [4.78, 5) is 22.7. The molecule has 0 heterocycles. The van der Waals surface area contributed by atoms with Crippen LogP contribution in [0.3, 0.4) is 0 Å². The summed E-state index contributed by atoms with van der Waals surface area (Å²) in [5.74, 6) is 0.0704. The van der Waals surface area contributed by atoms with Gasteiger partial charge in [0.05, 0.1) is 12.0 Å². The minimum absolute atomic E-state index is 0.0403. The predicted molar refractivity (Wildman–Crippen MR) is 124 cm³/mol. The van der Waals surface area contributed by atoms with Gasteiger partial charge in [0.15, 0.2) is 0 Å². The molecule has 4 rings (SSSR count). The number of nitro benzene ring substituents is 1. The van der Waals surface area contributed by atoms with Gasteiger partial charge in [0.25, 0.3) is 5.69 Å². The average molecular weight is 464 g/mol. The van der Waals surface area contributed by atoms with Crippen molar-refractivity contribution in [1.82, 2.24) is 5.32 Å². The molecule has 0 bridgehead atoms. The molecule has 1 aliphatic rings. The van der Waals surface area contributed by atoms with Crippen molar-refractivity contribution >= 4 is 11.8 Å². The molecule has 3 aromatic rings. The first kappa shape index (κ1) is 23.2. The molecule has 2 atom stereocenters. The van der Waals surface area contributed by atoms with Crippen molar-refractivity contribution in [1.29, 1.82) is 0 Å². The number of nitrogens with one attached hydrogen (secondary N) is 1. The van der Waals surface area contributed by atoms with Gasteiger partial charge in [-0.1, -0.05) is 48.5 Å². The Kier molecular flexibility index (Phi) is 6.76. The van der Waals surface area contributed by atoms with Gasteiger partial charge < -0.3 is 25.0 Å². The molecule has 0 aliphatic heterocycles. The second-order valence-electron chi connectivity index (χ2n) is 7.90. The van der Waals surface area contributed by atoms with Crippen molar-refractivity contribution < 1.29 is 29.4 Å². The molecule has 3 N–H and O–H groups in total. The molecule has 9 heteroatoms. The second kappa shape index (κ2) is 9.90. The number of aliphatic hydroxyl groups is 2. The number of nitro groups is 1. The van der Waals surface area contributed by atoms with E-state index >= 15 is 0 Å². The lowest BCUT2D eigenvalue weighted by atomic mass is 9.98.